The number of sulfonamides is 1. The van der Waals surface area contributed by atoms with E-state index >= 15 is 0 Å². The van der Waals surface area contributed by atoms with Gasteiger partial charge in [-0.3, -0.25) is 9.78 Å². The number of piperazine rings is 1. The van der Waals surface area contributed by atoms with Crippen molar-refractivity contribution in [3.05, 3.63) is 71.4 Å². The Bertz CT molecular complexity index is 1310. The van der Waals surface area contributed by atoms with Crippen LogP contribution >= 0.6 is 0 Å². The Labute approximate surface area is 181 Å². The van der Waals surface area contributed by atoms with E-state index in [-0.39, 0.29) is 29.9 Å². The zero-order valence-corrected chi connectivity index (χ0v) is 18.1. The van der Waals surface area contributed by atoms with Crippen LogP contribution < -0.4 is 0 Å². The van der Waals surface area contributed by atoms with Gasteiger partial charge in [-0.2, -0.15) is 9.57 Å². The van der Waals surface area contributed by atoms with E-state index in [4.69, 9.17) is 5.26 Å². The molecule has 0 unspecified atom stereocenters. The van der Waals surface area contributed by atoms with Crippen molar-refractivity contribution in [2.24, 2.45) is 0 Å². The molecule has 2 heterocycles. The fourth-order valence-corrected chi connectivity index (χ4v) is 5.75. The molecular weight excluding hydrogens is 412 g/mol. The number of rotatable bonds is 3. The average Bonchev–Trinajstić information content (AvgIpc) is 2.77. The lowest BCUT2D eigenvalue weighted by atomic mass is 10.1. The number of aryl methyl sites for hydroxylation is 1. The predicted molar refractivity (Wildman–Crippen MR) is 117 cm³/mol. The maximum Gasteiger partial charge on any atom is 0.254 e. The van der Waals surface area contributed by atoms with E-state index < -0.39 is 10.0 Å². The van der Waals surface area contributed by atoms with E-state index in [0.717, 1.165) is 10.9 Å². The minimum atomic E-state index is -3.72. The third-order valence-electron chi connectivity index (χ3n) is 5.65. The van der Waals surface area contributed by atoms with Crippen molar-refractivity contribution < 1.29 is 13.2 Å². The number of amides is 1. The summed E-state index contributed by atoms with van der Waals surface area (Å²) >= 11 is 0. The molecule has 3 aromatic rings. The molecule has 1 fully saturated rings. The molecule has 0 saturated carbocycles. The van der Waals surface area contributed by atoms with Gasteiger partial charge in [0.2, 0.25) is 10.0 Å². The van der Waals surface area contributed by atoms with Crippen LogP contribution in [0.2, 0.25) is 0 Å². The number of carbonyl (C=O) groups is 1. The molecule has 1 aliphatic heterocycles. The third-order valence-corrected chi connectivity index (χ3v) is 7.67. The Balaban J connectivity index is 1.57. The first-order valence-electron chi connectivity index (χ1n) is 9.98. The van der Waals surface area contributed by atoms with Gasteiger partial charge in [-0.25, -0.2) is 8.42 Å². The van der Waals surface area contributed by atoms with E-state index in [0.29, 0.717) is 23.2 Å². The van der Waals surface area contributed by atoms with Gasteiger partial charge in [0, 0.05) is 42.8 Å². The fourth-order valence-electron chi connectivity index (χ4n) is 4.04. The van der Waals surface area contributed by atoms with Crippen molar-refractivity contribution in [3.63, 3.8) is 0 Å². The molecule has 0 bridgehead atoms. The van der Waals surface area contributed by atoms with Gasteiger partial charge in [-0.05, 0) is 55.8 Å². The van der Waals surface area contributed by atoms with Gasteiger partial charge >= 0.3 is 0 Å². The number of hydrogen-bond donors (Lipinski definition) is 0. The van der Waals surface area contributed by atoms with Crippen molar-refractivity contribution in [3.8, 4) is 6.07 Å². The number of carbonyl (C=O) groups excluding carboxylic acids is 1. The van der Waals surface area contributed by atoms with Crippen molar-refractivity contribution in [1.82, 2.24) is 14.2 Å². The van der Waals surface area contributed by atoms with Gasteiger partial charge in [-0.15, -0.1) is 0 Å². The van der Waals surface area contributed by atoms with Crippen LogP contribution in [0, 0.1) is 18.3 Å². The Kier molecular flexibility index (Phi) is 5.48. The molecule has 8 heteroatoms. The highest BCUT2D eigenvalue weighted by atomic mass is 32.2. The molecular formula is C23H22N4O3S. The summed E-state index contributed by atoms with van der Waals surface area (Å²) in [5.74, 6) is -0.127. The third kappa shape index (κ3) is 3.78. The molecule has 158 valence electrons. The molecule has 0 spiro atoms. The van der Waals surface area contributed by atoms with Gasteiger partial charge in [-0.1, -0.05) is 12.1 Å². The van der Waals surface area contributed by atoms with E-state index in [2.05, 4.69) is 4.98 Å². The first-order valence-corrected chi connectivity index (χ1v) is 11.4. The second-order valence-corrected chi connectivity index (χ2v) is 9.58. The van der Waals surface area contributed by atoms with Crippen LogP contribution in [0.3, 0.4) is 0 Å². The number of nitrogens with zero attached hydrogens (tertiary/aromatic N) is 4. The smallest absolute Gasteiger partial charge is 0.254 e. The second-order valence-electron chi connectivity index (χ2n) is 7.68. The average molecular weight is 435 g/mol. The van der Waals surface area contributed by atoms with Gasteiger partial charge in [0.1, 0.15) is 0 Å². The number of aromatic nitrogens is 1. The standard InChI is InChI=1S/C23H22N4O3S/c1-16-13-18(14-24)8-9-22(16)31(29,30)26-11-12-27(17(2)15-26)23(28)20-5-3-7-21-19(20)6-4-10-25-21/h3-10,13,17H,11-12,15H2,1-2H3/t17-/m0/s1. The molecule has 2 aromatic carbocycles. The predicted octanol–water partition coefficient (Wildman–Crippen LogP) is 2.95. The molecule has 1 aromatic heterocycles. The van der Waals surface area contributed by atoms with Crippen LogP contribution in [0.4, 0.5) is 0 Å². The lowest BCUT2D eigenvalue weighted by Crippen LogP contribution is -2.55. The summed E-state index contributed by atoms with van der Waals surface area (Å²) < 4.78 is 27.8. The van der Waals surface area contributed by atoms with Crippen molar-refractivity contribution >= 4 is 26.8 Å². The quantitative estimate of drug-likeness (QED) is 0.632. The molecule has 4 rings (SSSR count). The lowest BCUT2D eigenvalue weighted by Gasteiger charge is -2.39. The van der Waals surface area contributed by atoms with Gasteiger partial charge in [0.05, 0.1) is 22.0 Å². The fraction of sp³-hybridized carbons (Fsp3) is 0.261. The largest absolute Gasteiger partial charge is 0.333 e. The van der Waals surface area contributed by atoms with Crippen LogP contribution in [0.15, 0.2) is 59.6 Å². The minimum Gasteiger partial charge on any atom is -0.333 e. The normalized spacial score (nSPS) is 17.5. The summed E-state index contributed by atoms with van der Waals surface area (Å²) in [5, 5.41) is 9.81. The van der Waals surface area contributed by atoms with Gasteiger partial charge < -0.3 is 4.90 Å². The minimum absolute atomic E-state index is 0.127. The highest BCUT2D eigenvalue weighted by Crippen LogP contribution is 2.25. The second kappa shape index (κ2) is 8.10. The maximum atomic E-state index is 13.3. The van der Waals surface area contributed by atoms with Crippen molar-refractivity contribution in [2.45, 2.75) is 24.8 Å². The SMILES string of the molecule is Cc1cc(C#N)ccc1S(=O)(=O)N1CCN(C(=O)c2cccc3ncccc23)[C@@H](C)C1. The number of benzene rings is 2. The highest BCUT2D eigenvalue weighted by Gasteiger charge is 2.35. The zero-order valence-electron chi connectivity index (χ0n) is 17.3. The first kappa shape index (κ1) is 21.0. The number of pyridine rings is 1. The molecule has 0 aliphatic carbocycles. The van der Waals surface area contributed by atoms with Crippen molar-refractivity contribution in [2.75, 3.05) is 19.6 Å². The topological polar surface area (TPSA) is 94.4 Å². The Morgan fingerprint density at radius 2 is 1.97 bits per heavy atom. The Hall–Kier alpha value is -3.28. The molecule has 0 radical (unpaired) electrons. The monoisotopic (exact) mass is 434 g/mol. The summed E-state index contributed by atoms with van der Waals surface area (Å²) in [6, 6.07) is 15.4. The van der Waals surface area contributed by atoms with E-state index in [1.165, 1.54) is 16.4 Å². The van der Waals surface area contributed by atoms with E-state index in [1.54, 1.807) is 36.2 Å². The molecule has 7 nitrogen and oxygen atoms in total. The van der Waals surface area contributed by atoms with Crippen LogP contribution in [0.25, 0.3) is 10.9 Å². The Morgan fingerprint density at radius 3 is 2.68 bits per heavy atom. The van der Waals surface area contributed by atoms with Crippen LogP contribution in [0.1, 0.15) is 28.4 Å². The molecule has 1 atom stereocenters. The summed E-state index contributed by atoms with van der Waals surface area (Å²) in [7, 11) is -3.72. The van der Waals surface area contributed by atoms with Crippen molar-refractivity contribution in [1.29, 1.82) is 5.26 Å². The number of hydrogen-bond acceptors (Lipinski definition) is 5. The molecule has 1 amide bonds. The maximum absolute atomic E-state index is 13.3. The lowest BCUT2D eigenvalue weighted by molar-refractivity contribution is 0.0593. The number of fused-ring (bicyclic) bond motifs is 1. The zero-order chi connectivity index (χ0) is 22.2. The molecule has 1 saturated heterocycles. The first-order chi connectivity index (χ1) is 14.8. The Morgan fingerprint density at radius 1 is 1.16 bits per heavy atom. The summed E-state index contributed by atoms with van der Waals surface area (Å²) in [4.78, 5) is 19.5. The molecule has 31 heavy (non-hydrogen) atoms. The van der Waals surface area contributed by atoms with E-state index in [1.807, 2.05) is 31.2 Å². The number of nitriles is 1. The molecule has 0 N–H and O–H groups in total. The van der Waals surface area contributed by atoms with E-state index in [9.17, 15) is 13.2 Å². The summed E-state index contributed by atoms with van der Waals surface area (Å²) in [6.45, 7) is 4.25. The summed E-state index contributed by atoms with van der Waals surface area (Å²) in [5.41, 5.74) is 2.27. The van der Waals surface area contributed by atoms with Crippen LogP contribution in [-0.4, -0.2) is 54.2 Å². The van der Waals surface area contributed by atoms with Gasteiger partial charge in [0.25, 0.3) is 5.91 Å². The van der Waals surface area contributed by atoms with Crippen LogP contribution in [-0.2, 0) is 10.0 Å². The van der Waals surface area contributed by atoms with Crippen LogP contribution in [0.5, 0.6) is 0 Å². The molecule has 1 aliphatic rings. The highest BCUT2D eigenvalue weighted by molar-refractivity contribution is 7.89. The summed E-state index contributed by atoms with van der Waals surface area (Å²) in [6.07, 6.45) is 1.69. The van der Waals surface area contributed by atoms with Gasteiger partial charge in [0.15, 0.2) is 0 Å².